The second kappa shape index (κ2) is 9.35. The molecule has 2 aromatic rings. The van der Waals surface area contributed by atoms with Crippen molar-refractivity contribution < 1.29 is 0 Å². The average molecular weight is 373 g/mol. The molecule has 0 amide bonds. The van der Waals surface area contributed by atoms with Crippen molar-refractivity contribution in [1.82, 2.24) is 10.2 Å². The van der Waals surface area contributed by atoms with Gasteiger partial charge in [-0.25, -0.2) is 0 Å². The molecule has 25 heavy (non-hydrogen) atoms. The molecule has 1 aliphatic rings. The topological polar surface area (TPSA) is 15.3 Å². The maximum Gasteiger partial charge on any atom is 0.169 e. The van der Waals surface area contributed by atoms with Crippen molar-refractivity contribution in [3.63, 3.8) is 0 Å². The van der Waals surface area contributed by atoms with Crippen molar-refractivity contribution in [3.05, 3.63) is 58.3 Å². The Hall–Kier alpha value is -1.39. The summed E-state index contributed by atoms with van der Waals surface area (Å²) in [6, 6.07) is 15.9. The predicted molar refractivity (Wildman–Crippen MR) is 112 cm³/mol. The molecular weight excluding hydrogens is 344 g/mol. The summed E-state index contributed by atoms with van der Waals surface area (Å²) in [6.07, 6.45) is 7.55. The van der Waals surface area contributed by atoms with Gasteiger partial charge in [0.05, 0.1) is 0 Å². The van der Waals surface area contributed by atoms with E-state index in [2.05, 4.69) is 65.0 Å². The summed E-state index contributed by atoms with van der Waals surface area (Å²) in [5.74, 6) is 0. The lowest BCUT2D eigenvalue weighted by Gasteiger charge is -2.35. The molecule has 2 nitrogen and oxygen atoms in total. The molecule has 1 aromatic heterocycles. The van der Waals surface area contributed by atoms with Crippen LogP contribution in [0.5, 0.6) is 0 Å². The van der Waals surface area contributed by atoms with E-state index in [0.717, 1.165) is 18.1 Å². The Morgan fingerprint density at radius 1 is 1.16 bits per heavy atom. The van der Waals surface area contributed by atoms with Gasteiger partial charge in [0, 0.05) is 29.9 Å². The van der Waals surface area contributed by atoms with Crippen molar-refractivity contribution in [3.8, 4) is 0 Å². The second-order valence-electron chi connectivity index (χ2n) is 7.03. The van der Waals surface area contributed by atoms with Crippen LogP contribution in [0.2, 0.25) is 0 Å². The van der Waals surface area contributed by atoms with Gasteiger partial charge in [0.25, 0.3) is 0 Å². The third-order valence-corrected chi connectivity index (χ3v) is 6.25. The molecule has 1 fully saturated rings. The highest BCUT2D eigenvalue weighted by molar-refractivity contribution is 7.80. The second-order valence-corrected chi connectivity index (χ2v) is 8.45. The molecule has 0 saturated heterocycles. The number of nitrogens with zero attached hydrogens (tertiary/aromatic N) is 1. The number of thiocarbonyl (C=S) groups is 1. The third-order valence-electron chi connectivity index (χ3n) is 5.00. The molecule has 0 spiro atoms. The lowest BCUT2D eigenvalue weighted by Crippen LogP contribution is -2.48. The highest BCUT2D eigenvalue weighted by atomic mass is 32.1. The summed E-state index contributed by atoms with van der Waals surface area (Å²) >= 11 is 7.68. The fraction of sp³-hybridized carbons (Fsp3) is 0.476. The quantitative estimate of drug-likeness (QED) is 0.685. The van der Waals surface area contributed by atoms with Crippen LogP contribution in [-0.4, -0.2) is 22.1 Å². The SMILES string of the molecule is C[C@@H](Cc1cccs1)N(Cc1ccccc1)C(=S)NC1CCCCC1. The first kappa shape index (κ1) is 18.4. The van der Waals surface area contributed by atoms with Gasteiger partial charge in [-0.15, -0.1) is 11.3 Å². The molecule has 4 heteroatoms. The molecule has 1 saturated carbocycles. The number of thiophene rings is 1. The van der Waals surface area contributed by atoms with E-state index in [4.69, 9.17) is 12.2 Å². The Labute approximate surface area is 161 Å². The van der Waals surface area contributed by atoms with Crippen LogP contribution >= 0.6 is 23.6 Å². The first-order valence-electron chi connectivity index (χ1n) is 9.36. The molecule has 0 bridgehead atoms. The highest BCUT2D eigenvalue weighted by Gasteiger charge is 2.21. The van der Waals surface area contributed by atoms with Gasteiger partial charge in [-0.05, 0) is 49.0 Å². The number of benzene rings is 1. The number of hydrogen-bond donors (Lipinski definition) is 1. The Balaban J connectivity index is 1.69. The van der Waals surface area contributed by atoms with Crippen LogP contribution in [0.4, 0.5) is 0 Å². The van der Waals surface area contributed by atoms with Crippen LogP contribution < -0.4 is 5.32 Å². The fourth-order valence-corrected chi connectivity index (χ4v) is 4.78. The van der Waals surface area contributed by atoms with E-state index in [9.17, 15) is 0 Å². The maximum atomic E-state index is 5.85. The van der Waals surface area contributed by atoms with Crippen LogP contribution in [0, 0.1) is 0 Å². The van der Waals surface area contributed by atoms with Crippen LogP contribution in [-0.2, 0) is 13.0 Å². The molecular formula is C21H28N2S2. The molecule has 1 atom stereocenters. The summed E-state index contributed by atoms with van der Waals surface area (Å²) in [4.78, 5) is 3.80. The minimum Gasteiger partial charge on any atom is -0.360 e. The van der Waals surface area contributed by atoms with Gasteiger partial charge < -0.3 is 10.2 Å². The molecule has 1 N–H and O–H groups in total. The van der Waals surface area contributed by atoms with Gasteiger partial charge in [0.15, 0.2) is 5.11 Å². The van der Waals surface area contributed by atoms with E-state index in [0.29, 0.717) is 12.1 Å². The van der Waals surface area contributed by atoms with Gasteiger partial charge in [-0.2, -0.15) is 0 Å². The van der Waals surface area contributed by atoms with Crippen LogP contribution in [0.1, 0.15) is 49.5 Å². The summed E-state index contributed by atoms with van der Waals surface area (Å²) in [6.45, 7) is 3.16. The van der Waals surface area contributed by atoms with Crippen LogP contribution in [0.15, 0.2) is 47.8 Å². The summed E-state index contributed by atoms with van der Waals surface area (Å²) in [7, 11) is 0. The maximum absolute atomic E-state index is 5.85. The predicted octanol–water partition coefficient (Wildman–Crippen LogP) is 5.39. The van der Waals surface area contributed by atoms with Crippen LogP contribution in [0.3, 0.4) is 0 Å². The Morgan fingerprint density at radius 3 is 2.60 bits per heavy atom. The van der Waals surface area contributed by atoms with Crippen LogP contribution in [0.25, 0.3) is 0 Å². The summed E-state index contributed by atoms with van der Waals surface area (Å²) in [5, 5.41) is 6.73. The lowest BCUT2D eigenvalue weighted by atomic mass is 9.96. The van der Waals surface area contributed by atoms with Crippen molar-refractivity contribution >= 4 is 28.7 Å². The van der Waals surface area contributed by atoms with Crippen molar-refractivity contribution in [2.75, 3.05) is 0 Å². The van der Waals surface area contributed by atoms with Gasteiger partial charge >= 0.3 is 0 Å². The zero-order valence-electron chi connectivity index (χ0n) is 15.0. The van der Waals surface area contributed by atoms with Gasteiger partial charge in [-0.3, -0.25) is 0 Å². The smallest absolute Gasteiger partial charge is 0.169 e. The van der Waals surface area contributed by atoms with E-state index < -0.39 is 0 Å². The normalized spacial score (nSPS) is 16.4. The number of hydrogen-bond acceptors (Lipinski definition) is 2. The Kier molecular flexibility index (Phi) is 6.88. The zero-order chi connectivity index (χ0) is 17.5. The van der Waals surface area contributed by atoms with E-state index in [1.165, 1.54) is 42.5 Å². The first-order chi connectivity index (χ1) is 12.2. The molecule has 1 aliphatic carbocycles. The van der Waals surface area contributed by atoms with E-state index in [1.807, 2.05) is 11.3 Å². The van der Waals surface area contributed by atoms with Gasteiger partial charge in [-0.1, -0.05) is 55.7 Å². The Bertz CT molecular complexity index is 633. The molecule has 0 radical (unpaired) electrons. The minimum absolute atomic E-state index is 0.377. The molecule has 0 aliphatic heterocycles. The highest BCUT2D eigenvalue weighted by Crippen LogP contribution is 2.20. The largest absolute Gasteiger partial charge is 0.360 e. The minimum atomic E-state index is 0.377. The third kappa shape index (κ3) is 5.55. The standard InChI is InChI=1S/C21H28N2S2/c1-17(15-20-13-8-14-25-20)23(16-18-9-4-2-5-10-18)21(24)22-19-11-6-3-7-12-19/h2,4-5,8-10,13-14,17,19H,3,6-7,11-12,15-16H2,1H3,(H,22,24)/t17-/m0/s1. The first-order valence-corrected chi connectivity index (χ1v) is 10.6. The lowest BCUT2D eigenvalue weighted by molar-refractivity contribution is 0.305. The van der Waals surface area contributed by atoms with Gasteiger partial charge in [0.1, 0.15) is 0 Å². The monoisotopic (exact) mass is 372 g/mol. The molecule has 1 heterocycles. The molecule has 3 rings (SSSR count). The van der Waals surface area contributed by atoms with E-state index >= 15 is 0 Å². The fourth-order valence-electron chi connectivity index (χ4n) is 3.54. The van der Waals surface area contributed by atoms with Gasteiger partial charge in [0.2, 0.25) is 0 Å². The van der Waals surface area contributed by atoms with Crippen molar-refractivity contribution in [2.45, 2.75) is 64.1 Å². The van der Waals surface area contributed by atoms with Crippen molar-refractivity contribution in [1.29, 1.82) is 0 Å². The number of nitrogens with one attached hydrogen (secondary N) is 1. The van der Waals surface area contributed by atoms with Crippen molar-refractivity contribution in [2.24, 2.45) is 0 Å². The van der Waals surface area contributed by atoms with E-state index in [1.54, 1.807) is 0 Å². The number of rotatable bonds is 6. The average Bonchev–Trinajstić information content (AvgIpc) is 3.14. The summed E-state index contributed by atoms with van der Waals surface area (Å²) < 4.78 is 0. The summed E-state index contributed by atoms with van der Waals surface area (Å²) in [5.41, 5.74) is 1.31. The molecule has 0 unspecified atom stereocenters. The zero-order valence-corrected chi connectivity index (χ0v) is 16.6. The Morgan fingerprint density at radius 2 is 1.92 bits per heavy atom. The van der Waals surface area contributed by atoms with E-state index in [-0.39, 0.29) is 0 Å². The molecule has 134 valence electrons. The molecule has 1 aromatic carbocycles.